The first-order valence-electron chi connectivity index (χ1n) is 5.85. The fourth-order valence-electron chi connectivity index (χ4n) is 0.915. The number of esters is 1. The molecule has 0 aromatic rings. The summed E-state index contributed by atoms with van der Waals surface area (Å²) in [6, 6.07) is 0. The SMILES string of the molecule is CC(=O)O.CCOC(C)COC(C)COC(C)=O. The summed E-state index contributed by atoms with van der Waals surface area (Å²) in [6.07, 6.45) is 0.00147. The van der Waals surface area contributed by atoms with Gasteiger partial charge in [-0.25, -0.2) is 0 Å². The van der Waals surface area contributed by atoms with Crippen LogP contribution >= 0.6 is 0 Å². The number of aliphatic carboxylic acids is 1. The van der Waals surface area contributed by atoms with Crippen LogP contribution in [-0.2, 0) is 23.8 Å². The number of hydrogen-bond donors (Lipinski definition) is 1. The van der Waals surface area contributed by atoms with Crippen LogP contribution in [0.15, 0.2) is 0 Å². The van der Waals surface area contributed by atoms with Gasteiger partial charge in [0.2, 0.25) is 0 Å². The molecule has 6 nitrogen and oxygen atoms in total. The van der Waals surface area contributed by atoms with Gasteiger partial charge in [-0.15, -0.1) is 0 Å². The highest BCUT2D eigenvalue weighted by molar-refractivity contribution is 5.65. The summed E-state index contributed by atoms with van der Waals surface area (Å²) in [4.78, 5) is 19.5. The van der Waals surface area contributed by atoms with Crippen LogP contribution in [0.5, 0.6) is 0 Å². The van der Waals surface area contributed by atoms with E-state index in [1.54, 1.807) is 0 Å². The normalized spacial score (nSPS) is 12.9. The molecule has 0 rings (SSSR count). The van der Waals surface area contributed by atoms with Gasteiger partial charge in [0, 0.05) is 20.5 Å². The second-order valence-corrected chi connectivity index (χ2v) is 3.73. The maximum absolute atomic E-state index is 10.5. The van der Waals surface area contributed by atoms with Crippen molar-refractivity contribution in [2.24, 2.45) is 0 Å². The van der Waals surface area contributed by atoms with Crippen molar-refractivity contribution in [1.29, 1.82) is 0 Å². The van der Waals surface area contributed by atoms with E-state index < -0.39 is 5.97 Å². The fourth-order valence-corrected chi connectivity index (χ4v) is 0.915. The molecule has 0 heterocycles. The Morgan fingerprint density at radius 2 is 1.50 bits per heavy atom. The second-order valence-electron chi connectivity index (χ2n) is 3.73. The molecule has 0 aromatic heterocycles. The molecule has 1 N–H and O–H groups in total. The van der Waals surface area contributed by atoms with Crippen LogP contribution in [-0.4, -0.2) is 49.1 Å². The monoisotopic (exact) mass is 264 g/mol. The summed E-state index contributed by atoms with van der Waals surface area (Å²) in [7, 11) is 0. The van der Waals surface area contributed by atoms with Gasteiger partial charge in [-0.3, -0.25) is 9.59 Å². The third-order valence-electron chi connectivity index (χ3n) is 1.59. The third-order valence-corrected chi connectivity index (χ3v) is 1.59. The maximum atomic E-state index is 10.5. The number of ether oxygens (including phenoxy) is 3. The maximum Gasteiger partial charge on any atom is 0.302 e. The van der Waals surface area contributed by atoms with E-state index in [1.165, 1.54) is 6.92 Å². The summed E-state index contributed by atoms with van der Waals surface area (Å²) < 4.78 is 15.5. The molecule has 0 aromatic carbocycles. The van der Waals surface area contributed by atoms with Crippen LogP contribution in [0.2, 0.25) is 0 Å². The van der Waals surface area contributed by atoms with Gasteiger partial charge in [0.25, 0.3) is 5.97 Å². The van der Waals surface area contributed by atoms with E-state index in [4.69, 9.17) is 24.1 Å². The number of carboxylic acids is 1. The van der Waals surface area contributed by atoms with E-state index in [2.05, 4.69) is 0 Å². The first kappa shape index (κ1) is 19.2. The predicted molar refractivity (Wildman–Crippen MR) is 66.4 cm³/mol. The Kier molecular flexibility index (Phi) is 13.1. The van der Waals surface area contributed by atoms with E-state index >= 15 is 0 Å². The second kappa shape index (κ2) is 12.3. The van der Waals surface area contributed by atoms with Gasteiger partial charge in [-0.1, -0.05) is 0 Å². The molecule has 18 heavy (non-hydrogen) atoms. The lowest BCUT2D eigenvalue weighted by molar-refractivity contribution is -0.145. The molecule has 2 unspecified atom stereocenters. The van der Waals surface area contributed by atoms with E-state index in [9.17, 15) is 4.79 Å². The molecule has 0 bridgehead atoms. The summed E-state index contributed by atoms with van der Waals surface area (Å²) in [5.41, 5.74) is 0. The van der Waals surface area contributed by atoms with Crippen LogP contribution in [0.25, 0.3) is 0 Å². The Hall–Kier alpha value is -1.14. The largest absolute Gasteiger partial charge is 0.481 e. The zero-order chi connectivity index (χ0) is 14.6. The van der Waals surface area contributed by atoms with Gasteiger partial charge in [0.15, 0.2) is 0 Å². The van der Waals surface area contributed by atoms with Crippen LogP contribution in [0.1, 0.15) is 34.6 Å². The molecule has 0 aliphatic rings. The topological polar surface area (TPSA) is 82.1 Å². The molecule has 0 amide bonds. The van der Waals surface area contributed by atoms with Crippen molar-refractivity contribution in [3.05, 3.63) is 0 Å². The molecule has 0 aliphatic heterocycles. The van der Waals surface area contributed by atoms with Crippen molar-refractivity contribution in [3.63, 3.8) is 0 Å². The van der Waals surface area contributed by atoms with Crippen LogP contribution in [0.4, 0.5) is 0 Å². The van der Waals surface area contributed by atoms with Crippen LogP contribution in [0, 0.1) is 0 Å². The lowest BCUT2D eigenvalue weighted by Gasteiger charge is -2.16. The Bertz CT molecular complexity index is 225. The highest BCUT2D eigenvalue weighted by atomic mass is 16.6. The van der Waals surface area contributed by atoms with Gasteiger partial charge < -0.3 is 19.3 Å². The molecule has 2 atom stereocenters. The molecular weight excluding hydrogens is 240 g/mol. The quantitative estimate of drug-likeness (QED) is 0.701. The molecule has 6 heteroatoms. The smallest absolute Gasteiger partial charge is 0.302 e. The molecule has 0 radical (unpaired) electrons. The number of carboxylic acid groups (broad SMARTS) is 1. The highest BCUT2D eigenvalue weighted by Crippen LogP contribution is 1.97. The molecule has 0 aliphatic carbocycles. The fraction of sp³-hybridized carbons (Fsp3) is 0.833. The van der Waals surface area contributed by atoms with E-state index in [1.807, 2.05) is 20.8 Å². The average Bonchev–Trinajstić information content (AvgIpc) is 2.23. The van der Waals surface area contributed by atoms with Crippen LogP contribution in [0.3, 0.4) is 0 Å². The van der Waals surface area contributed by atoms with Crippen molar-refractivity contribution in [2.75, 3.05) is 19.8 Å². The van der Waals surface area contributed by atoms with Gasteiger partial charge in [0.1, 0.15) is 6.61 Å². The van der Waals surface area contributed by atoms with E-state index in [0.29, 0.717) is 19.8 Å². The van der Waals surface area contributed by atoms with Crippen molar-refractivity contribution in [1.82, 2.24) is 0 Å². The Labute approximate surface area is 108 Å². The Balaban J connectivity index is 0. The van der Waals surface area contributed by atoms with E-state index in [0.717, 1.165) is 6.92 Å². The number of hydrogen-bond acceptors (Lipinski definition) is 5. The van der Waals surface area contributed by atoms with Gasteiger partial charge >= 0.3 is 5.97 Å². The van der Waals surface area contributed by atoms with Crippen LogP contribution < -0.4 is 0 Å². The standard InChI is InChI=1S/C10H20O4.C2H4O2/c1-5-12-8(2)6-13-9(3)7-14-10(4)11;1-2(3)4/h8-9H,5-7H2,1-4H3;1H3,(H,3,4). The average molecular weight is 264 g/mol. The number of rotatable bonds is 7. The summed E-state index contributed by atoms with van der Waals surface area (Å²) in [6.45, 7) is 9.73. The van der Waals surface area contributed by atoms with Crippen molar-refractivity contribution < 1.29 is 28.9 Å². The minimum atomic E-state index is -0.833. The Morgan fingerprint density at radius 3 is 1.89 bits per heavy atom. The summed E-state index contributed by atoms with van der Waals surface area (Å²) in [5, 5.41) is 7.42. The number of carbonyl (C=O) groups is 2. The van der Waals surface area contributed by atoms with Crippen molar-refractivity contribution >= 4 is 11.9 Å². The summed E-state index contributed by atoms with van der Waals surface area (Å²) in [5.74, 6) is -1.11. The van der Waals surface area contributed by atoms with E-state index in [-0.39, 0.29) is 18.2 Å². The summed E-state index contributed by atoms with van der Waals surface area (Å²) >= 11 is 0. The molecule has 0 saturated heterocycles. The molecule has 0 saturated carbocycles. The zero-order valence-electron chi connectivity index (χ0n) is 11.8. The molecular formula is C12H24O6. The van der Waals surface area contributed by atoms with Gasteiger partial charge in [-0.05, 0) is 20.8 Å². The highest BCUT2D eigenvalue weighted by Gasteiger charge is 2.07. The minimum Gasteiger partial charge on any atom is -0.481 e. The first-order valence-corrected chi connectivity index (χ1v) is 5.85. The minimum absolute atomic E-state index is 0.0817. The van der Waals surface area contributed by atoms with Gasteiger partial charge in [-0.2, -0.15) is 0 Å². The van der Waals surface area contributed by atoms with Crippen molar-refractivity contribution in [3.8, 4) is 0 Å². The molecule has 0 fully saturated rings. The first-order chi connectivity index (χ1) is 8.29. The van der Waals surface area contributed by atoms with Crippen molar-refractivity contribution in [2.45, 2.75) is 46.8 Å². The zero-order valence-corrected chi connectivity index (χ0v) is 11.8. The molecule has 108 valence electrons. The third kappa shape index (κ3) is 20.3. The lowest BCUT2D eigenvalue weighted by Crippen LogP contribution is -2.24. The molecule has 0 spiro atoms. The lowest BCUT2D eigenvalue weighted by atomic mass is 10.4. The Morgan fingerprint density at radius 1 is 1.06 bits per heavy atom. The predicted octanol–water partition coefficient (Wildman–Crippen LogP) is 1.47. The van der Waals surface area contributed by atoms with Gasteiger partial charge in [0.05, 0.1) is 18.8 Å². The number of carbonyl (C=O) groups excluding carboxylic acids is 1.